The molecular weight excluding hydrogens is 238 g/mol. The highest BCUT2D eigenvalue weighted by atomic mass is 35.7. The Kier molecular flexibility index (Phi) is 2.50. The molecule has 1 saturated carbocycles. The Morgan fingerprint density at radius 2 is 2.20 bits per heavy atom. The molecule has 15 heavy (non-hydrogen) atoms. The van der Waals surface area contributed by atoms with E-state index >= 15 is 0 Å². The molecule has 2 rings (SSSR count). The van der Waals surface area contributed by atoms with Crippen LogP contribution in [-0.2, 0) is 14.0 Å². The molecule has 2 unspecified atom stereocenters. The maximum atomic E-state index is 11.3. The molecule has 2 atom stereocenters. The predicted octanol–water partition coefficient (Wildman–Crippen LogP) is 1.65. The number of hydrogen-bond donors (Lipinski definition) is 0. The average Bonchev–Trinajstić information content (AvgIpc) is 1.98. The summed E-state index contributed by atoms with van der Waals surface area (Å²) in [5.41, 5.74) is -0.491. The van der Waals surface area contributed by atoms with E-state index < -0.39 is 14.8 Å². The summed E-state index contributed by atoms with van der Waals surface area (Å²) in [6.07, 6.45) is 3.92. The van der Waals surface area contributed by atoms with Crippen molar-refractivity contribution in [3.05, 3.63) is 0 Å². The van der Waals surface area contributed by atoms with Gasteiger partial charge in [0.05, 0.1) is 12.0 Å². The summed E-state index contributed by atoms with van der Waals surface area (Å²) < 4.78 is 23.4. The molecule has 0 bridgehead atoms. The highest BCUT2D eigenvalue weighted by Gasteiger charge is 2.57. The third-order valence-electron chi connectivity index (χ3n) is 3.42. The van der Waals surface area contributed by atoms with Gasteiger partial charge in [0.1, 0.15) is 0 Å². The van der Waals surface area contributed by atoms with Crippen molar-refractivity contribution in [2.45, 2.75) is 44.6 Å². The molecule has 1 amide bonds. The van der Waals surface area contributed by atoms with Gasteiger partial charge < -0.3 is 0 Å². The topological polar surface area (TPSA) is 54.5 Å². The Balaban J connectivity index is 2.26. The molecule has 2 fully saturated rings. The van der Waals surface area contributed by atoms with Gasteiger partial charge in [-0.1, -0.05) is 19.8 Å². The van der Waals surface area contributed by atoms with Gasteiger partial charge in [-0.3, -0.25) is 4.79 Å². The Labute approximate surface area is 94.1 Å². The van der Waals surface area contributed by atoms with Crippen molar-refractivity contribution in [2.24, 2.45) is 5.92 Å². The summed E-state index contributed by atoms with van der Waals surface area (Å²) in [6, 6.07) is 0. The van der Waals surface area contributed by atoms with Crippen molar-refractivity contribution in [3.8, 4) is 0 Å². The van der Waals surface area contributed by atoms with Crippen molar-refractivity contribution in [1.29, 1.82) is 0 Å². The number of hydrogen-bond acceptors (Lipinski definition) is 3. The van der Waals surface area contributed by atoms with Gasteiger partial charge in [0.2, 0.25) is 5.91 Å². The van der Waals surface area contributed by atoms with E-state index in [1.54, 1.807) is 0 Å². The molecule has 1 aliphatic carbocycles. The van der Waals surface area contributed by atoms with Crippen LogP contribution in [0.25, 0.3) is 0 Å². The van der Waals surface area contributed by atoms with Gasteiger partial charge in [-0.25, -0.2) is 4.31 Å². The minimum atomic E-state index is -3.89. The van der Waals surface area contributed by atoms with Crippen molar-refractivity contribution >= 4 is 25.8 Å². The first-order chi connectivity index (χ1) is 6.85. The standard InChI is InChI=1S/C9H14ClNO3S/c1-7-3-2-4-9(5-7)6-8(12)11(9)15(10,13)14/h7H,2-6H2,1H3. The van der Waals surface area contributed by atoms with Crippen LogP contribution in [0.15, 0.2) is 0 Å². The van der Waals surface area contributed by atoms with E-state index in [1.165, 1.54) is 0 Å². The minimum Gasteiger partial charge on any atom is -0.274 e. The lowest BCUT2D eigenvalue weighted by Gasteiger charge is -2.52. The smallest absolute Gasteiger partial charge is 0.274 e. The Bertz CT molecular complexity index is 394. The fourth-order valence-corrected chi connectivity index (χ4v) is 4.60. The number of rotatable bonds is 1. The van der Waals surface area contributed by atoms with Crippen molar-refractivity contribution in [3.63, 3.8) is 0 Å². The predicted molar refractivity (Wildman–Crippen MR) is 56.6 cm³/mol. The van der Waals surface area contributed by atoms with Crippen LogP contribution in [0.2, 0.25) is 0 Å². The lowest BCUT2D eigenvalue weighted by atomic mass is 9.70. The molecule has 0 radical (unpaired) electrons. The maximum absolute atomic E-state index is 11.3. The summed E-state index contributed by atoms with van der Waals surface area (Å²) in [5.74, 6) is 0.104. The summed E-state index contributed by atoms with van der Waals surface area (Å²) in [6.45, 7) is 2.09. The molecule has 0 aromatic rings. The molecule has 1 aliphatic heterocycles. The number of β-lactam (4-membered cyclic amide) rings is 1. The van der Waals surface area contributed by atoms with Crippen LogP contribution in [0.5, 0.6) is 0 Å². The Hall–Kier alpha value is -0.290. The zero-order valence-corrected chi connectivity index (χ0v) is 10.1. The third kappa shape index (κ3) is 1.76. The van der Waals surface area contributed by atoms with E-state index in [-0.39, 0.29) is 5.91 Å². The second kappa shape index (κ2) is 3.35. The van der Waals surface area contributed by atoms with Crippen LogP contribution < -0.4 is 0 Å². The first kappa shape index (κ1) is 11.2. The van der Waals surface area contributed by atoms with Crippen LogP contribution in [0.4, 0.5) is 0 Å². The molecule has 4 nitrogen and oxygen atoms in total. The molecule has 0 aromatic carbocycles. The molecule has 86 valence electrons. The van der Waals surface area contributed by atoms with Crippen molar-refractivity contribution in [2.75, 3.05) is 0 Å². The molecular formula is C9H14ClNO3S. The zero-order chi connectivity index (χ0) is 11.3. The largest absolute Gasteiger partial charge is 0.324 e. The van der Waals surface area contributed by atoms with Crippen LogP contribution in [0.1, 0.15) is 39.0 Å². The minimum absolute atomic E-state index is 0.337. The Morgan fingerprint density at radius 1 is 1.53 bits per heavy atom. The van der Waals surface area contributed by atoms with E-state index in [4.69, 9.17) is 10.7 Å². The van der Waals surface area contributed by atoms with Crippen LogP contribution in [-0.4, -0.2) is 24.2 Å². The second-order valence-electron chi connectivity index (χ2n) is 4.70. The quantitative estimate of drug-likeness (QED) is 0.526. The van der Waals surface area contributed by atoms with Gasteiger partial charge in [0, 0.05) is 10.7 Å². The van der Waals surface area contributed by atoms with Gasteiger partial charge in [-0.2, -0.15) is 8.42 Å². The number of halogens is 1. The number of carbonyl (C=O) groups is 1. The summed E-state index contributed by atoms with van der Waals surface area (Å²) in [5, 5.41) is 0. The maximum Gasteiger partial charge on any atom is 0.324 e. The summed E-state index contributed by atoms with van der Waals surface area (Å²) in [4.78, 5) is 11.3. The molecule has 0 N–H and O–H groups in total. The summed E-state index contributed by atoms with van der Waals surface area (Å²) >= 11 is 0. The first-order valence-corrected chi connectivity index (χ1v) is 7.40. The summed E-state index contributed by atoms with van der Waals surface area (Å²) in [7, 11) is 1.39. The number of nitrogens with zero attached hydrogens (tertiary/aromatic N) is 1. The average molecular weight is 252 g/mol. The zero-order valence-electron chi connectivity index (χ0n) is 8.57. The van der Waals surface area contributed by atoms with Gasteiger partial charge in [0.25, 0.3) is 0 Å². The monoisotopic (exact) mass is 251 g/mol. The van der Waals surface area contributed by atoms with Crippen molar-refractivity contribution < 1.29 is 13.2 Å². The van der Waals surface area contributed by atoms with E-state index in [0.29, 0.717) is 12.3 Å². The fraction of sp³-hybridized carbons (Fsp3) is 0.889. The van der Waals surface area contributed by atoms with Crippen molar-refractivity contribution in [1.82, 2.24) is 4.31 Å². The van der Waals surface area contributed by atoms with Gasteiger partial charge in [0.15, 0.2) is 0 Å². The molecule has 6 heteroatoms. The molecule has 1 spiro atoms. The van der Waals surface area contributed by atoms with Crippen LogP contribution in [0, 0.1) is 5.92 Å². The van der Waals surface area contributed by atoms with E-state index in [1.807, 2.05) is 0 Å². The van der Waals surface area contributed by atoms with E-state index in [2.05, 4.69) is 6.92 Å². The lowest BCUT2D eigenvalue weighted by molar-refractivity contribution is -0.148. The van der Waals surface area contributed by atoms with Crippen LogP contribution in [0.3, 0.4) is 0 Å². The lowest BCUT2D eigenvalue weighted by Crippen LogP contribution is -2.65. The first-order valence-electron chi connectivity index (χ1n) is 5.13. The SMILES string of the molecule is CC1CCCC2(CC(=O)N2S(=O)(=O)Cl)C1. The van der Waals surface area contributed by atoms with Crippen LogP contribution >= 0.6 is 10.7 Å². The van der Waals surface area contributed by atoms with Gasteiger partial charge >= 0.3 is 9.24 Å². The normalized spacial score (nSPS) is 36.8. The Morgan fingerprint density at radius 3 is 2.67 bits per heavy atom. The molecule has 2 aliphatic rings. The number of carbonyl (C=O) groups excluding carboxylic acids is 1. The highest BCUT2D eigenvalue weighted by Crippen LogP contribution is 2.47. The molecule has 1 heterocycles. The van der Waals surface area contributed by atoms with E-state index in [0.717, 1.165) is 30.0 Å². The van der Waals surface area contributed by atoms with Gasteiger partial charge in [-0.05, 0) is 18.8 Å². The molecule has 0 aromatic heterocycles. The third-order valence-corrected chi connectivity index (χ3v) is 4.86. The highest BCUT2D eigenvalue weighted by molar-refractivity contribution is 8.12. The fourth-order valence-electron chi connectivity index (χ4n) is 2.93. The molecule has 1 saturated heterocycles. The van der Waals surface area contributed by atoms with Gasteiger partial charge in [-0.15, -0.1) is 0 Å². The second-order valence-corrected chi connectivity index (χ2v) is 7.06. The van der Waals surface area contributed by atoms with E-state index in [9.17, 15) is 13.2 Å². The number of amides is 1.